The Labute approximate surface area is 167 Å². The van der Waals surface area contributed by atoms with Crippen molar-refractivity contribution in [3.05, 3.63) is 28.0 Å². The molecule has 150 valence electrons. The van der Waals surface area contributed by atoms with Gasteiger partial charge in [-0.3, -0.25) is 4.79 Å². The Bertz CT molecular complexity index is 693. The summed E-state index contributed by atoms with van der Waals surface area (Å²) in [5.41, 5.74) is 0.132. The van der Waals surface area contributed by atoms with E-state index in [-0.39, 0.29) is 18.0 Å². The first-order chi connectivity index (χ1) is 12.6. The molecular weight excluding hydrogens is 419 g/mol. The van der Waals surface area contributed by atoms with E-state index in [4.69, 9.17) is 9.47 Å². The Morgan fingerprint density at radius 3 is 2.70 bits per heavy atom. The Kier molecular flexibility index (Phi) is 7.08. The predicted octanol–water partition coefficient (Wildman–Crippen LogP) is 3.74. The number of hydrogen-bond acceptors (Lipinski definition) is 4. The summed E-state index contributed by atoms with van der Waals surface area (Å²) in [6.45, 7) is 8.86. The summed E-state index contributed by atoms with van der Waals surface area (Å²) >= 11 is 3.15. The van der Waals surface area contributed by atoms with Crippen LogP contribution in [0.5, 0.6) is 5.75 Å². The van der Waals surface area contributed by atoms with Gasteiger partial charge in [-0.05, 0) is 61.3 Å². The van der Waals surface area contributed by atoms with Crippen LogP contribution >= 0.6 is 15.9 Å². The highest BCUT2D eigenvalue weighted by atomic mass is 79.9. The van der Waals surface area contributed by atoms with Crippen LogP contribution in [0, 0.1) is 12.7 Å². The summed E-state index contributed by atoms with van der Waals surface area (Å²) in [5, 5.41) is 0. The molecule has 8 heteroatoms. The fourth-order valence-corrected chi connectivity index (χ4v) is 3.17. The van der Waals surface area contributed by atoms with Crippen LogP contribution in [-0.4, -0.2) is 60.2 Å². The van der Waals surface area contributed by atoms with Crippen molar-refractivity contribution in [2.75, 3.05) is 26.2 Å². The summed E-state index contributed by atoms with van der Waals surface area (Å²) in [6.07, 6.45) is 0.973. The smallest absolute Gasteiger partial charge is 0.410 e. The van der Waals surface area contributed by atoms with Crippen molar-refractivity contribution in [2.45, 2.75) is 45.8 Å². The molecular formula is C19H26BrFN2O4. The van der Waals surface area contributed by atoms with E-state index in [0.29, 0.717) is 48.4 Å². The first kappa shape index (κ1) is 21.5. The molecule has 0 N–H and O–H groups in total. The number of nitrogens with zero attached hydrogens (tertiary/aromatic N) is 2. The van der Waals surface area contributed by atoms with E-state index < -0.39 is 5.60 Å². The van der Waals surface area contributed by atoms with Gasteiger partial charge < -0.3 is 19.3 Å². The summed E-state index contributed by atoms with van der Waals surface area (Å²) < 4.78 is 25.0. The van der Waals surface area contributed by atoms with Crippen LogP contribution in [0.1, 0.15) is 32.8 Å². The van der Waals surface area contributed by atoms with Gasteiger partial charge in [-0.15, -0.1) is 0 Å². The molecule has 1 aliphatic rings. The summed E-state index contributed by atoms with van der Waals surface area (Å²) in [4.78, 5) is 26.9. The first-order valence-corrected chi connectivity index (χ1v) is 9.67. The molecule has 1 aliphatic heterocycles. The average molecular weight is 445 g/mol. The highest BCUT2D eigenvalue weighted by Gasteiger charge is 2.31. The third-order valence-electron chi connectivity index (χ3n) is 4.24. The number of amides is 2. The minimum atomic E-state index is -0.565. The fraction of sp³-hybridized carbons (Fsp3) is 0.579. The van der Waals surface area contributed by atoms with Crippen LogP contribution in [0.3, 0.4) is 0 Å². The topological polar surface area (TPSA) is 59.1 Å². The molecule has 0 aliphatic carbocycles. The summed E-state index contributed by atoms with van der Waals surface area (Å²) in [5.74, 6) is 0.244. The van der Waals surface area contributed by atoms with Gasteiger partial charge in [0, 0.05) is 26.1 Å². The number of rotatable bonds is 5. The molecule has 2 rings (SSSR count). The van der Waals surface area contributed by atoms with Gasteiger partial charge in [-0.2, -0.15) is 0 Å². The second-order valence-corrected chi connectivity index (χ2v) is 8.45. The van der Waals surface area contributed by atoms with Crippen molar-refractivity contribution in [1.29, 1.82) is 0 Å². The number of aryl methyl sites for hydroxylation is 1. The molecule has 0 radical (unpaired) electrons. The van der Waals surface area contributed by atoms with Crippen LogP contribution in [-0.2, 0) is 9.53 Å². The molecule has 6 nitrogen and oxygen atoms in total. The van der Waals surface area contributed by atoms with Crippen molar-refractivity contribution in [1.82, 2.24) is 9.80 Å². The molecule has 1 atom stereocenters. The number of ether oxygens (including phenoxy) is 2. The van der Waals surface area contributed by atoms with Gasteiger partial charge >= 0.3 is 6.09 Å². The molecule has 1 unspecified atom stereocenters. The van der Waals surface area contributed by atoms with Crippen LogP contribution < -0.4 is 4.74 Å². The maximum atomic E-state index is 13.5. The van der Waals surface area contributed by atoms with E-state index in [1.54, 1.807) is 22.8 Å². The Morgan fingerprint density at radius 2 is 2.07 bits per heavy atom. The van der Waals surface area contributed by atoms with Crippen molar-refractivity contribution < 1.29 is 23.5 Å². The standard InChI is InChI=1S/C19H26BrFN2O4/c1-13-9-16(21)15(20)10-17(13)26-8-5-14-11-22(6-7-23(14)12-24)18(25)27-19(2,3)4/h9-10,12,14H,5-8,11H2,1-4H3. The van der Waals surface area contributed by atoms with E-state index in [9.17, 15) is 14.0 Å². The van der Waals surface area contributed by atoms with E-state index in [1.807, 2.05) is 20.8 Å². The van der Waals surface area contributed by atoms with E-state index in [2.05, 4.69) is 15.9 Å². The number of carbonyl (C=O) groups is 2. The maximum Gasteiger partial charge on any atom is 0.410 e. The van der Waals surface area contributed by atoms with Crippen LogP contribution in [0.25, 0.3) is 0 Å². The third kappa shape index (κ3) is 6.09. The average Bonchev–Trinajstić information content (AvgIpc) is 2.57. The van der Waals surface area contributed by atoms with E-state index in [1.165, 1.54) is 6.07 Å². The van der Waals surface area contributed by atoms with Crippen LogP contribution in [0.15, 0.2) is 16.6 Å². The van der Waals surface area contributed by atoms with Crippen LogP contribution in [0.4, 0.5) is 9.18 Å². The maximum absolute atomic E-state index is 13.5. The summed E-state index contributed by atoms with van der Waals surface area (Å²) in [6, 6.07) is 2.84. The van der Waals surface area contributed by atoms with Crippen molar-refractivity contribution in [3.63, 3.8) is 0 Å². The molecule has 0 spiro atoms. The molecule has 1 aromatic carbocycles. The van der Waals surface area contributed by atoms with E-state index in [0.717, 1.165) is 6.41 Å². The van der Waals surface area contributed by atoms with Crippen molar-refractivity contribution in [3.8, 4) is 5.75 Å². The molecule has 0 saturated carbocycles. The normalized spacial score (nSPS) is 17.6. The Hall–Kier alpha value is -1.83. The second kappa shape index (κ2) is 8.91. The number of hydrogen-bond donors (Lipinski definition) is 0. The quantitative estimate of drug-likeness (QED) is 0.648. The van der Waals surface area contributed by atoms with Crippen LogP contribution in [0.2, 0.25) is 0 Å². The highest BCUT2D eigenvalue weighted by Crippen LogP contribution is 2.26. The highest BCUT2D eigenvalue weighted by molar-refractivity contribution is 9.10. The van der Waals surface area contributed by atoms with Gasteiger partial charge in [-0.25, -0.2) is 9.18 Å². The molecule has 1 heterocycles. The van der Waals surface area contributed by atoms with Gasteiger partial charge in [0.15, 0.2) is 0 Å². The number of halogens is 2. The second-order valence-electron chi connectivity index (χ2n) is 7.59. The fourth-order valence-electron chi connectivity index (χ4n) is 2.85. The van der Waals surface area contributed by atoms with Crippen molar-refractivity contribution >= 4 is 28.4 Å². The molecule has 2 amide bonds. The molecule has 1 aromatic rings. The lowest BCUT2D eigenvalue weighted by molar-refractivity contribution is -0.123. The molecule has 27 heavy (non-hydrogen) atoms. The van der Waals surface area contributed by atoms with Crippen molar-refractivity contribution in [2.24, 2.45) is 0 Å². The minimum Gasteiger partial charge on any atom is -0.493 e. The molecule has 0 bridgehead atoms. The molecule has 1 fully saturated rings. The molecule has 1 saturated heterocycles. The zero-order valence-corrected chi connectivity index (χ0v) is 17.7. The Morgan fingerprint density at radius 1 is 1.37 bits per heavy atom. The van der Waals surface area contributed by atoms with Gasteiger partial charge in [0.25, 0.3) is 0 Å². The third-order valence-corrected chi connectivity index (χ3v) is 4.85. The lowest BCUT2D eigenvalue weighted by Gasteiger charge is -2.39. The van der Waals surface area contributed by atoms with Gasteiger partial charge in [0.2, 0.25) is 6.41 Å². The predicted molar refractivity (Wildman–Crippen MR) is 103 cm³/mol. The van der Waals surface area contributed by atoms with Gasteiger partial charge in [0.1, 0.15) is 17.2 Å². The minimum absolute atomic E-state index is 0.159. The lowest BCUT2D eigenvalue weighted by atomic mass is 10.1. The number of carbonyl (C=O) groups excluding carboxylic acids is 2. The SMILES string of the molecule is Cc1cc(F)c(Br)cc1OCCC1CN(C(=O)OC(C)(C)C)CCN1C=O. The van der Waals surface area contributed by atoms with Gasteiger partial charge in [-0.1, -0.05) is 0 Å². The number of benzene rings is 1. The largest absolute Gasteiger partial charge is 0.493 e. The zero-order valence-electron chi connectivity index (χ0n) is 16.1. The Balaban J connectivity index is 1.95. The molecule has 0 aromatic heterocycles. The summed E-state index contributed by atoms with van der Waals surface area (Å²) in [7, 11) is 0. The monoisotopic (exact) mass is 444 g/mol. The first-order valence-electron chi connectivity index (χ1n) is 8.88. The number of piperazine rings is 1. The zero-order chi connectivity index (χ0) is 20.2. The van der Waals surface area contributed by atoms with Gasteiger partial charge in [0.05, 0.1) is 17.1 Å². The lowest BCUT2D eigenvalue weighted by Crippen LogP contribution is -2.55. The van der Waals surface area contributed by atoms with E-state index >= 15 is 0 Å².